The van der Waals surface area contributed by atoms with Gasteiger partial charge in [0.05, 0.1) is 16.8 Å². The van der Waals surface area contributed by atoms with Gasteiger partial charge in [0.2, 0.25) is 0 Å². The third-order valence-electron chi connectivity index (χ3n) is 5.83. The molecule has 4 aromatic rings. The fourth-order valence-corrected chi connectivity index (χ4v) is 3.94. The smallest absolute Gasteiger partial charge is 0.338 e. The molecule has 0 fully saturated rings. The van der Waals surface area contributed by atoms with Crippen molar-refractivity contribution in [3.63, 3.8) is 0 Å². The molecular formula is C27H27NO6. The Balaban J connectivity index is 1.51. The molecule has 4 rings (SSSR count). The summed E-state index contributed by atoms with van der Waals surface area (Å²) in [7, 11) is 0. The van der Waals surface area contributed by atoms with Crippen molar-refractivity contribution in [2.24, 2.45) is 0 Å². The van der Waals surface area contributed by atoms with Crippen LogP contribution in [0.2, 0.25) is 0 Å². The van der Waals surface area contributed by atoms with E-state index in [4.69, 9.17) is 18.4 Å². The largest absolute Gasteiger partial charge is 0.489 e. The molecule has 0 saturated carbocycles. The number of fused-ring (bicyclic) bond motifs is 1. The van der Waals surface area contributed by atoms with Gasteiger partial charge in [0.25, 0.3) is 0 Å². The molecule has 2 aromatic heterocycles. The van der Waals surface area contributed by atoms with E-state index in [0.717, 1.165) is 27.8 Å². The standard InChI is InChI=1S/C27H27NO6/c1-15(2)22-12-23-20(11-26(29)33-25(23)9-16(22)3)13-32-27(30)19-7-6-8-21(10-19)31-14-24-17(4)28-34-18(24)5/h6-12,15H,13-14H2,1-5H3. The molecule has 7 heteroatoms. The molecule has 34 heavy (non-hydrogen) atoms. The number of hydrogen-bond donors (Lipinski definition) is 0. The predicted molar refractivity (Wildman–Crippen MR) is 127 cm³/mol. The Morgan fingerprint density at radius 3 is 2.56 bits per heavy atom. The highest BCUT2D eigenvalue weighted by atomic mass is 16.5. The van der Waals surface area contributed by atoms with Gasteiger partial charge >= 0.3 is 11.6 Å². The van der Waals surface area contributed by atoms with Crippen LogP contribution in [0.5, 0.6) is 5.75 Å². The van der Waals surface area contributed by atoms with Gasteiger partial charge in [0, 0.05) is 17.0 Å². The van der Waals surface area contributed by atoms with Crippen LogP contribution >= 0.6 is 0 Å². The second-order valence-electron chi connectivity index (χ2n) is 8.65. The van der Waals surface area contributed by atoms with Crippen LogP contribution in [0, 0.1) is 20.8 Å². The summed E-state index contributed by atoms with van der Waals surface area (Å²) in [5.41, 5.74) is 4.79. The third-order valence-corrected chi connectivity index (χ3v) is 5.83. The third kappa shape index (κ3) is 4.88. The van der Waals surface area contributed by atoms with Gasteiger partial charge in [-0.05, 0) is 68.1 Å². The van der Waals surface area contributed by atoms with Crippen LogP contribution in [0.4, 0.5) is 0 Å². The SMILES string of the molecule is Cc1cc2oc(=O)cc(COC(=O)c3cccc(OCc4c(C)noc4C)c3)c2cc1C(C)C. The van der Waals surface area contributed by atoms with Crippen molar-refractivity contribution in [3.05, 3.63) is 92.2 Å². The lowest BCUT2D eigenvalue weighted by Crippen LogP contribution is -2.09. The van der Waals surface area contributed by atoms with Crippen LogP contribution in [-0.2, 0) is 18.0 Å². The number of aryl methyl sites for hydroxylation is 3. The fraction of sp³-hybridized carbons (Fsp3) is 0.296. The molecule has 0 N–H and O–H groups in total. The van der Waals surface area contributed by atoms with Crippen LogP contribution in [0.15, 0.2) is 56.2 Å². The van der Waals surface area contributed by atoms with Crippen molar-refractivity contribution < 1.29 is 23.2 Å². The summed E-state index contributed by atoms with van der Waals surface area (Å²) in [6.07, 6.45) is 0. The Labute approximate surface area is 197 Å². The molecule has 0 spiro atoms. The highest BCUT2D eigenvalue weighted by Gasteiger charge is 2.15. The number of esters is 1. The van der Waals surface area contributed by atoms with E-state index in [1.165, 1.54) is 6.07 Å². The summed E-state index contributed by atoms with van der Waals surface area (Å²) in [5.74, 6) is 1.01. The Morgan fingerprint density at radius 1 is 1.06 bits per heavy atom. The summed E-state index contributed by atoms with van der Waals surface area (Å²) in [6.45, 7) is 10.1. The molecule has 0 unspecified atom stereocenters. The first-order chi connectivity index (χ1) is 16.2. The number of benzene rings is 2. The van der Waals surface area contributed by atoms with Crippen LogP contribution in [0.1, 0.15) is 63.8 Å². The van der Waals surface area contributed by atoms with Gasteiger partial charge < -0.3 is 18.4 Å². The van der Waals surface area contributed by atoms with Crippen molar-refractivity contribution in [1.29, 1.82) is 0 Å². The van der Waals surface area contributed by atoms with E-state index < -0.39 is 11.6 Å². The fourth-order valence-electron chi connectivity index (χ4n) is 3.94. The zero-order chi connectivity index (χ0) is 24.4. The molecule has 7 nitrogen and oxygen atoms in total. The zero-order valence-corrected chi connectivity index (χ0v) is 19.9. The molecule has 0 atom stereocenters. The van der Waals surface area contributed by atoms with E-state index in [9.17, 15) is 9.59 Å². The van der Waals surface area contributed by atoms with Crippen LogP contribution < -0.4 is 10.4 Å². The topological polar surface area (TPSA) is 91.8 Å². The van der Waals surface area contributed by atoms with Crippen molar-refractivity contribution in [2.45, 2.75) is 53.8 Å². The van der Waals surface area contributed by atoms with Gasteiger partial charge in [0.1, 0.15) is 30.3 Å². The highest BCUT2D eigenvalue weighted by molar-refractivity contribution is 5.90. The Hall–Kier alpha value is -3.87. The van der Waals surface area contributed by atoms with E-state index in [2.05, 4.69) is 19.0 Å². The van der Waals surface area contributed by atoms with E-state index in [-0.39, 0.29) is 13.2 Å². The quantitative estimate of drug-likeness (QED) is 0.255. The number of aromatic nitrogens is 1. The summed E-state index contributed by atoms with van der Waals surface area (Å²) in [4.78, 5) is 24.8. The number of carbonyl (C=O) groups is 1. The number of ether oxygens (including phenoxy) is 2. The Bertz CT molecular complexity index is 1390. The molecule has 0 aliphatic heterocycles. The molecule has 2 aromatic carbocycles. The maximum Gasteiger partial charge on any atom is 0.338 e. The Kier molecular flexibility index (Phi) is 6.54. The molecule has 0 aliphatic carbocycles. The van der Waals surface area contributed by atoms with E-state index in [1.807, 2.05) is 32.9 Å². The lowest BCUT2D eigenvalue weighted by atomic mass is 9.95. The number of carbonyl (C=O) groups excluding carboxylic acids is 1. The normalized spacial score (nSPS) is 11.2. The number of nitrogens with zero attached hydrogens (tertiary/aromatic N) is 1. The van der Waals surface area contributed by atoms with Gasteiger partial charge in [-0.25, -0.2) is 9.59 Å². The van der Waals surface area contributed by atoms with Crippen molar-refractivity contribution in [2.75, 3.05) is 0 Å². The van der Waals surface area contributed by atoms with Crippen LogP contribution in [0.3, 0.4) is 0 Å². The molecule has 176 valence electrons. The summed E-state index contributed by atoms with van der Waals surface area (Å²) >= 11 is 0. The van der Waals surface area contributed by atoms with Crippen LogP contribution in [0.25, 0.3) is 11.0 Å². The molecule has 0 bridgehead atoms. The average Bonchev–Trinajstić information content (AvgIpc) is 3.12. The van der Waals surface area contributed by atoms with Gasteiger partial charge in [-0.2, -0.15) is 0 Å². The minimum absolute atomic E-state index is 0.0499. The number of hydrogen-bond acceptors (Lipinski definition) is 7. The number of rotatable bonds is 7. The van der Waals surface area contributed by atoms with Gasteiger partial charge in [-0.1, -0.05) is 25.1 Å². The molecular weight excluding hydrogens is 434 g/mol. The van der Waals surface area contributed by atoms with Gasteiger partial charge in [-0.3, -0.25) is 0 Å². The molecule has 0 saturated heterocycles. The molecule has 2 heterocycles. The second kappa shape index (κ2) is 9.55. The first-order valence-corrected chi connectivity index (χ1v) is 11.1. The van der Waals surface area contributed by atoms with E-state index >= 15 is 0 Å². The molecule has 0 radical (unpaired) electrons. The zero-order valence-electron chi connectivity index (χ0n) is 19.9. The van der Waals surface area contributed by atoms with Crippen molar-refractivity contribution in [3.8, 4) is 5.75 Å². The summed E-state index contributed by atoms with van der Waals surface area (Å²) in [5, 5.41) is 4.68. The minimum atomic E-state index is -0.514. The van der Waals surface area contributed by atoms with Crippen molar-refractivity contribution >= 4 is 16.9 Å². The molecule has 0 amide bonds. The lowest BCUT2D eigenvalue weighted by molar-refractivity contribution is 0.0473. The van der Waals surface area contributed by atoms with Crippen molar-refractivity contribution in [1.82, 2.24) is 5.16 Å². The monoisotopic (exact) mass is 461 g/mol. The van der Waals surface area contributed by atoms with E-state index in [0.29, 0.717) is 34.1 Å². The maximum atomic E-state index is 12.8. The highest BCUT2D eigenvalue weighted by Crippen LogP contribution is 2.27. The molecule has 0 aliphatic rings. The maximum absolute atomic E-state index is 12.8. The first-order valence-electron chi connectivity index (χ1n) is 11.1. The predicted octanol–water partition coefficient (Wildman–Crippen LogP) is 5.77. The van der Waals surface area contributed by atoms with Crippen LogP contribution in [-0.4, -0.2) is 11.1 Å². The summed E-state index contributed by atoms with van der Waals surface area (Å²) in [6, 6.07) is 12.0. The minimum Gasteiger partial charge on any atom is -0.489 e. The van der Waals surface area contributed by atoms with E-state index in [1.54, 1.807) is 24.3 Å². The van der Waals surface area contributed by atoms with Gasteiger partial charge in [0.15, 0.2) is 0 Å². The average molecular weight is 462 g/mol. The lowest BCUT2D eigenvalue weighted by Gasteiger charge is -2.13. The first kappa shape index (κ1) is 23.3. The summed E-state index contributed by atoms with van der Waals surface area (Å²) < 4.78 is 21.9. The van der Waals surface area contributed by atoms with Gasteiger partial charge in [-0.15, -0.1) is 0 Å². The Morgan fingerprint density at radius 2 is 1.85 bits per heavy atom. The second-order valence-corrected chi connectivity index (χ2v) is 8.65.